The van der Waals surface area contributed by atoms with E-state index in [4.69, 9.17) is 9.47 Å². The summed E-state index contributed by atoms with van der Waals surface area (Å²) < 4.78 is 11.0. The van der Waals surface area contributed by atoms with Crippen LogP contribution in [0.1, 0.15) is 25.7 Å². The van der Waals surface area contributed by atoms with Gasteiger partial charge in [-0.1, -0.05) is 12.8 Å². The van der Waals surface area contributed by atoms with E-state index >= 15 is 0 Å². The van der Waals surface area contributed by atoms with Crippen LogP contribution in [-0.2, 0) is 9.47 Å². The smallest absolute Gasteiger partial charge is 0.0900 e. The summed E-state index contributed by atoms with van der Waals surface area (Å²) in [6.45, 7) is 4.64. The van der Waals surface area contributed by atoms with Crippen molar-refractivity contribution in [2.45, 2.75) is 37.9 Å². The van der Waals surface area contributed by atoms with Gasteiger partial charge in [0.05, 0.1) is 32.0 Å². The van der Waals surface area contributed by atoms with E-state index < -0.39 is 0 Å². The fourth-order valence-corrected chi connectivity index (χ4v) is 2.44. The first-order valence-electron chi connectivity index (χ1n) is 6.44. The molecule has 0 radical (unpaired) electrons. The third kappa shape index (κ3) is 4.01. The number of aliphatic hydroxyl groups is 1. The van der Waals surface area contributed by atoms with Gasteiger partial charge in [0.2, 0.25) is 0 Å². The average Bonchev–Trinajstić information content (AvgIpc) is 2.81. The van der Waals surface area contributed by atoms with Gasteiger partial charge in [-0.05, 0) is 12.8 Å². The van der Waals surface area contributed by atoms with E-state index in [9.17, 15) is 5.11 Å². The zero-order chi connectivity index (χ0) is 11.2. The summed E-state index contributed by atoms with van der Waals surface area (Å²) in [5, 5.41) is 9.85. The van der Waals surface area contributed by atoms with Gasteiger partial charge in [-0.2, -0.15) is 0 Å². The molecule has 0 aromatic heterocycles. The van der Waals surface area contributed by atoms with Crippen molar-refractivity contribution < 1.29 is 14.6 Å². The predicted molar refractivity (Wildman–Crippen MR) is 61.5 cm³/mol. The molecule has 2 fully saturated rings. The molecule has 1 aliphatic carbocycles. The van der Waals surface area contributed by atoms with Crippen molar-refractivity contribution in [2.24, 2.45) is 0 Å². The van der Waals surface area contributed by atoms with Crippen molar-refractivity contribution in [3.05, 3.63) is 0 Å². The van der Waals surface area contributed by atoms with E-state index in [2.05, 4.69) is 4.90 Å². The second kappa shape index (κ2) is 6.55. The highest BCUT2D eigenvalue weighted by Crippen LogP contribution is 2.20. The summed E-state index contributed by atoms with van der Waals surface area (Å²) in [6, 6.07) is 0. The molecule has 0 amide bonds. The zero-order valence-corrected chi connectivity index (χ0v) is 9.94. The Morgan fingerprint density at radius 3 is 2.62 bits per heavy atom. The minimum absolute atomic E-state index is 0.348. The van der Waals surface area contributed by atoms with Crippen LogP contribution in [0, 0.1) is 0 Å². The highest BCUT2D eigenvalue weighted by molar-refractivity contribution is 4.70. The van der Waals surface area contributed by atoms with E-state index in [1.165, 1.54) is 25.7 Å². The topological polar surface area (TPSA) is 41.9 Å². The number of morpholine rings is 1. The number of hydrogen-bond donors (Lipinski definition) is 1. The molecule has 1 N–H and O–H groups in total. The Labute approximate surface area is 97.5 Å². The molecule has 0 unspecified atom stereocenters. The Hall–Kier alpha value is -0.160. The lowest BCUT2D eigenvalue weighted by atomic mass is 10.3. The third-order valence-corrected chi connectivity index (χ3v) is 3.40. The number of nitrogens with zero attached hydrogens (tertiary/aromatic N) is 1. The van der Waals surface area contributed by atoms with E-state index in [1.807, 2.05) is 0 Å². The van der Waals surface area contributed by atoms with E-state index in [0.717, 1.165) is 32.8 Å². The molecule has 16 heavy (non-hydrogen) atoms. The van der Waals surface area contributed by atoms with Crippen LogP contribution in [0.4, 0.5) is 0 Å². The first-order valence-corrected chi connectivity index (χ1v) is 6.44. The lowest BCUT2D eigenvalue weighted by Crippen LogP contribution is -2.42. The quantitative estimate of drug-likeness (QED) is 0.751. The Kier molecular flexibility index (Phi) is 5.03. The summed E-state index contributed by atoms with van der Waals surface area (Å²) in [5.41, 5.74) is 0. The van der Waals surface area contributed by atoms with Crippen LogP contribution in [0.25, 0.3) is 0 Å². The second-order valence-corrected chi connectivity index (χ2v) is 4.81. The highest BCUT2D eigenvalue weighted by atomic mass is 16.5. The van der Waals surface area contributed by atoms with Crippen molar-refractivity contribution in [2.75, 3.05) is 39.5 Å². The first-order chi connectivity index (χ1) is 7.84. The molecule has 1 aliphatic heterocycles. The molecule has 1 atom stereocenters. The van der Waals surface area contributed by atoms with E-state index in [-0.39, 0.29) is 6.10 Å². The van der Waals surface area contributed by atoms with Gasteiger partial charge in [0.1, 0.15) is 0 Å². The van der Waals surface area contributed by atoms with Crippen LogP contribution in [-0.4, -0.2) is 61.7 Å². The number of rotatable bonds is 5. The zero-order valence-electron chi connectivity index (χ0n) is 9.94. The number of aliphatic hydroxyl groups excluding tert-OH is 1. The fraction of sp³-hybridized carbons (Fsp3) is 1.00. The summed E-state index contributed by atoms with van der Waals surface area (Å²) in [4.78, 5) is 2.24. The summed E-state index contributed by atoms with van der Waals surface area (Å²) in [7, 11) is 0. The number of β-amino-alcohol motifs (C(OH)–C–C–N with tert-alkyl or cyclic N) is 1. The van der Waals surface area contributed by atoms with E-state index in [0.29, 0.717) is 12.7 Å². The Morgan fingerprint density at radius 2 is 1.94 bits per heavy atom. The molecule has 4 nitrogen and oxygen atoms in total. The second-order valence-electron chi connectivity index (χ2n) is 4.81. The maximum absolute atomic E-state index is 9.85. The van der Waals surface area contributed by atoms with Gasteiger partial charge in [-0.15, -0.1) is 0 Å². The van der Waals surface area contributed by atoms with Crippen LogP contribution in [0.15, 0.2) is 0 Å². The highest BCUT2D eigenvalue weighted by Gasteiger charge is 2.19. The van der Waals surface area contributed by atoms with Gasteiger partial charge in [-0.25, -0.2) is 0 Å². The summed E-state index contributed by atoms with van der Waals surface area (Å²) >= 11 is 0. The van der Waals surface area contributed by atoms with Crippen molar-refractivity contribution in [3.8, 4) is 0 Å². The van der Waals surface area contributed by atoms with Gasteiger partial charge in [0, 0.05) is 19.6 Å². The SMILES string of the molecule is O[C@H](COC1CCCC1)CN1CCOCC1. The van der Waals surface area contributed by atoms with Crippen LogP contribution >= 0.6 is 0 Å². The molecule has 1 heterocycles. The lowest BCUT2D eigenvalue weighted by Gasteiger charge is -2.28. The average molecular weight is 229 g/mol. The Balaban J connectivity index is 1.57. The monoisotopic (exact) mass is 229 g/mol. The molecule has 0 aromatic carbocycles. The van der Waals surface area contributed by atoms with Crippen molar-refractivity contribution >= 4 is 0 Å². The molecule has 0 aromatic rings. The normalized spacial score (nSPS) is 26.1. The minimum atomic E-state index is -0.348. The molecule has 2 aliphatic rings. The van der Waals surface area contributed by atoms with E-state index in [1.54, 1.807) is 0 Å². The molecular formula is C12H23NO3. The molecule has 1 saturated carbocycles. The minimum Gasteiger partial charge on any atom is -0.389 e. The van der Waals surface area contributed by atoms with Gasteiger partial charge < -0.3 is 14.6 Å². The van der Waals surface area contributed by atoms with Crippen molar-refractivity contribution in [1.82, 2.24) is 4.90 Å². The van der Waals surface area contributed by atoms with Crippen LogP contribution in [0.5, 0.6) is 0 Å². The van der Waals surface area contributed by atoms with Crippen LogP contribution < -0.4 is 0 Å². The number of hydrogen-bond acceptors (Lipinski definition) is 4. The molecule has 2 rings (SSSR count). The van der Waals surface area contributed by atoms with Gasteiger partial charge in [-0.3, -0.25) is 4.90 Å². The van der Waals surface area contributed by atoms with Crippen LogP contribution in [0.3, 0.4) is 0 Å². The number of ether oxygens (including phenoxy) is 2. The molecule has 4 heteroatoms. The lowest BCUT2D eigenvalue weighted by molar-refractivity contribution is -0.0341. The molecule has 0 spiro atoms. The fourth-order valence-electron chi connectivity index (χ4n) is 2.44. The Bertz CT molecular complexity index is 189. The summed E-state index contributed by atoms with van der Waals surface area (Å²) in [5.74, 6) is 0. The van der Waals surface area contributed by atoms with Gasteiger partial charge in [0.25, 0.3) is 0 Å². The molecule has 1 saturated heterocycles. The summed E-state index contributed by atoms with van der Waals surface area (Å²) in [6.07, 6.45) is 4.96. The van der Waals surface area contributed by atoms with Crippen molar-refractivity contribution in [3.63, 3.8) is 0 Å². The first kappa shape index (κ1) is 12.3. The molecule has 94 valence electrons. The van der Waals surface area contributed by atoms with Gasteiger partial charge >= 0.3 is 0 Å². The predicted octanol–water partition coefficient (Wildman–Crippen LogP) is 0.639. The van der Waals surface area contributed by atoms with Crippen molar-refractivity contribution in [1.29, 1.82) is 0 Å². The van der Waals surface area contributed by atoms with Gasteiger partial charge in [0.15, 0.2) is 0 Å². The van der Waals surface area contributed by atoms with Crippen LogP contribution in [0.2, 0.25) is 0 Å². The molecule has 0 bridgehead atoms. The Morgan fingerprint density at radius 1 is 1.25 bits per heavy atom. The maximum atomic E-state index is 9.85. The third-order valence-electron chi connectivity index (χ3n) is 3.40. The maximum Gasteiger partial charge on any atom is 0.0900 e. The standard InChI is InChI=1S/C12H23NO3/c14-11(9-13-5-7-15-8-6-13)10-16-12-3-1-2-4-12/h11-12,14H,1-10H2/t11-/m0/s1. The largest absolute Gasteiger partial charge is 0.389 e. The molecular weight excluding hydrogens is 206 g/mol.